The molecule has 0 aromatic carbocycles. The molecule has 1 aliphatic rings. The summed E-state index contributed by atoms with van der Waals surface area (Å²) < 4.78 is 41.9. The maximum atomic E-state index is 12.5. The van der Waals surface area contributed by atoms with Crippen molar-refractivity contribution in [2.45, 2.75) is 17.5 Å². The third-order valence-corrected chi connectivity index (χ3v) is 2.75. The summed E-state index contributed by atoms with van der Waals surface area (Å²) >= 11 is 5.43. The van der Waals surface area contributed by atoms with Crippen LogP contribution in [0.2, 0.25) is 0 Å². The Hall–Kier alpha value is -1.23. The molecule has 0 N–H and O–H groups in total. The van der Waals surface area contributed by atoms with E-state index >= 15 is 0 Å². The fraction of sp³-hybridized carbons (Fsp3) is 0.364. The molecule has 94 valence electrons. The van der Waals surface area contributed by atoms with E-state index in [1.54, 1.807) is 0 Å². The van der Waals surface area contributed by atoms with E-state index in [9.17, 15) is 18.0 Å². The standard InChI is InChI=1S/C11H10ClF3O2/c1-17-9(16)3-2-8-4-6-10(12,7-5-8)11(13,14)15/h2-6H,7H2,1H3/b3-2-. The van der Waals surface area contributed by atoms with Crippen molar-refractivity contribution in [3.05, 3.63) is 36.0 Å². The molecule has 0 amide bonds. The number of carbonyl (C=O) groups is 1. The van der Waals surface area contributed by atoms with Crippen molar-refractivity contribution in [1.29, 1.82) is 0 Å². The topological polar surface area (TPSA) is 26.3 Å². The van der Waals surface area contributed by atoms with E-state index in [-0.39, 0.29) is 6.42 Å². The molecule has 0 bridgehead atoms. The van der Waals surface area contributed by atoms with Gasteiger partial charge in [-0.05, 0) is 18.1 Å². The van der Waals surface area contributed by atoms with E-state index in [2.05, 4.69) is 4.74 Å². The molecule has 1 atom stereocenters. The summed E-state index contributed by atoms with van der Waals surface area (Å²) in [6.07, 6.45) is 1.06. The molecule has 0 aliphatic heterocycles. The summed E-state index contributed by atoms with van der Waals surface area (Å²) in [5.74, 6) is -0.571. The van der Waals surface area contributed by atoms with Crippen molar-refractivity contribution < 1.29 is 22.7 Å². The van der Waals surface area contributed by atoms with Gasteiger partial charge in [0.25, 0.3) is 0 Å². The summed E-state index contributed by atoms with van der Waals surface area (Å²) in [5, 5.41) is 0. The van der Waals surface area contributed by atoms with Gasteiger partial charge >= 0.3 is 12.1 Å². The predicted octanol–water partition coefficient (Wildman–Crippen LogP) is 3.14. The fourth-order valence-corrected chi connectivity index (χ4v) is 1.34. The van der Waals surface area contributed by atoms with Crippen LogP contribution in [0.1, 0.15) is 6.42 Å². The molecule has 0 saturated carbocycles. The van der Waals surface area contributed by atoms with Gasteiger partial charge in [-0.15, -0.1) is 11.6 Å². The van der Waals surface area contributed by atoms with Gasteiger partial charge in [-0.2, -0.15) is 13.2 Å². The molecule has 0 aromatic heterocycles. The zero-order valence-corrected chi connectivity index (χ0v) is 9.68. The number of ether oxygens (including phenoxy) is 1. The first kappa shape index (κ1) is 13.8. The van der Waals surface area contributed by atoms with Gasteiger partial charge in [-0.1, -0.05) is 18.2 Å². The monoisotopic (exact) mass is 266 g/mol. The van der Waals surface area contributed by atoms with Gasteiger partial charge in [-0.25, -0.2) is 4.79 Å². The molecule has 0 radical (unpaired) electrons. The number of allylic oxidation sites excluding steroid dienone is 5. The highest BCUT2D eigenvalue weighted by atomic mass is 35.5. The second-order valence-corrected chi connectivity index (χ2v) is 4.13. The zero-order chi connectivity index (χ0) is 13.1. The Morgan fingerprint density at radius 3 is 2.65 bits per heavy atom. The Bertz CT molecular complexity index is 396. The van der Waals surface area contributed by atoms with Gasteiger partial charge in [-0.3, -0.25) is 0 Å². The third kappa shape index (κ3) is 3.36. The third-order valence-electron chi connectivity index (χ3n) is 2.26. The molecule has 17 heavy (non-hydrogen) atoms. The Balaban J connectivity index is 2.73. The van der Waals surface area contributed by atoms with Crippen LogP contribution in [-0.2, 0) is 9.53 Å². The molecule has 2 nitrogen and oxygen atoms in total. The molecular weight excluding hydrogens is 257 g/mol. The van der Waals surface area contributed by atoms with Gasteiger partial charge in [0.1, 0.15) is 0 Å². The smallest absolute Gasteiger partial charge is 0.411 e. The zero-order valence-electron chi connectivity index (χ0n) is 8.92. The van der Waals surface area contributed by atoms with E-state index in [0.29, 0.717) is 5.57 Å². The Labute approximate surface area is 101 Å². The lowest BCUT2D eigenvalue weighted by atomic mass is 9.95. The summed E-state index contributed by atoms with van der Waals surface area (Å²) in [5.41, 5.74) is 0.482. The number of alkyl halides is 4. The Kier molecular flexibility index (Phi) is 4.03. The Morgan fingerprint density at radius 1 is 1.59 bits per heavy atom. The first-order chi connectivity index (χ1) is 7.78. The number of hydrogen-bond donors (Lipinski definition) is 0. The molecule has 0 fully saturated rings. The van der Waals surface area contributed by atoms with Crippen LogP contribution in [0.15, 0.2) is 36.0 Å². The molecule has 0 heterocycles. The molecule has 1 rings (SSSR count). The lowest BCUT2D eigenvalue weighted by molar-refractivity contribution is -0.149. The SMILES string of the molecule is COC(=O)/C=C\C1=CCC(Cl)(C(F)(F)F)C=C1. The molecule has 0 spiro atoms. The van der Waals surface area contributed by atoms with Crippen molar-refractivity contribution in [2.24, 2.45) is 0 Å². The van der Waals surface area contributed by atoms with E-state index in [1.807, 2.05) is 0 Å². The van der Waals surface area contributed by atoms with Gasteiger partial charge < -0.3 is 4.74 Å². The fourth-order valence-electron chi connectivity index (χ4n) is 1.20. The van der Waals surface area contributed by atoms with Gasteiger partial charge in [0.15, 0.2) is 4.87 Å². The minimum Gasteiger partial charge on any atom is -0.466 e. The average Bonchev–Trinajstić information content (AvgIpc) is 2.26. The van der Waals surface area contributed by atoms with Crippen LogP contribution in [0, 0.1) is 0 Å². The minimum absolute atomic E-state index is 0.366. The van der Waals surface area contributed by atoms with Crippen LogP contribution in [0.25, 0.3) is 0 Å². The van der Waals surface area contributed by atoms with E-state index in [1.165, 1.54) is 25.3 Å². The second-order valence-electron chi connectivity index (χ2n) is 3.46. The van der Waals surface area contributed by atoms with Crippen LogP contribution >= 0.6 is 11.6 Å². The minimum atomic E-state index is -4.50. The van der Waals surface area contributed by atoms with Crippen molar-refractivity contribution >= 4 is 17.6 Å². The summed E-state index contributed by atoms with van der Waals surface area (Å²) in [6.45, 7) is 0. The largest absolute Gasteiger partial charge is 0.466 e. The van der Waals surface area contributed by atoms with E-state index in [4.69, 9.17) is 11.6 Å². The van der Waals surface area contributed by atoms with E-state index in [0.717, 1.165) is 12.2 Å². The van der Waals surface area contributed by atoms with Crippen LogP contribution in [-0.4, -0.2) is 24.1 Å². The first-order valence-corrected chi connectivity index (χ1v) is 5.07. The average molecular weight is 267 g/mol. The number of halogens is 4. The quantitative estimate of drug-likeness (QED) is 0.436. The van der Waals surface area contributed by atoms with Gasteiger partial charge in [0.05, 0.1) is 7.11 Å². The van der Waals surface area contributed by atoms with Crippen LogP contribution in [0.4, 0.5) is 13.2 Å². The molecule has 6 heteroatoms. The number of carbonyl (C=O) groups excluding carboxylic acids is 1. The summed E-state index contributed by atoms with van der Waals surface area (Å²) in [4.78, 5) is 8.42. The molecule has 0 saturated heterocycles. The number of methoxy groups -OCH3 is 1. The summed E-state index contributed by atoms with van der Waals surface area (Å²) in [7, 11) is 1.21. The van der Waals surface area contributed by atoms with Crippen molar-refractivity contribution in [3.63, 3.8) is 0 Å². The Morgan fingerprint density at radius 2 is 2.24 bits per heavy atom. The highest BCUT2D eigenvalue weighted by molar-refractivity contribution is 6.26. The van der Waals surface area contributed by atoms with Gasteiger partial charge in [0, 0.05) is 6.08 Å². The predicted molar refractivity (Wildman–Crippen MR) is 57.6 cm³/mol. The van der Waals surface area contributed by atoms with Gasteiger partial charge in [0.2, 0.25) is 0 Å². The van der Waals surface area contributed by atoms with E-state index < -0.39 is 17.0 Å². The normalized spacial score (nSPS) is 24.9. The summed E-state index contributed by atoms with van der Waals surface area (Å²) in [6, 6.07) is 0. The van der Waals surface area contributed by atoms with Crippen molar-refractivity contribution in [3.8, 4) is 0 Å². The molecular formula is C11H10ClF3O2. The number of esters is 1. The lowest BCUT2D eigenvalue weighted by Gasteiger charge is -2.27. The van der Waals surface area contributed by atoms with Crippen LogP contribution in [0.3, 0.4) is 0 Å². The van der Waals surface area contributed by atoms with Crippen molar-refractivity contribution in [2.75, 3.05) is 7.11 Å². The lowest BCUT2D eigenvalue weighted by Crippen LogP contribution is -2.38. The van der Waals surface area contributed by atoms with Crippen molar-refractivity contribution in [1.82, 2.24) is 0 Å². The highest BCUT2D eigenvalue weighted by Crippen LogP contribution is 2.42. The number of rotatable bonds is 2. The second kappa shape index (κ2) is 4.96. The first-order valence-electron chi connectivity index (χ1n) is 4.69. The molecule has 0 aromatic rings. The molecule has 1 aliphatic carbocycles. The maximum absolute atomic E-state index is 12.5. The maximum Gasteiger partial charge on any atom is 0.411 e. The number of hydrogen-bond acceptors (Lipinski definition) is 2. The van der Waals surface area contributed by atoms with Crippen LogP contribution < -0.4 is 0 Å². The molecule has 1 unspecified atom stereocenters. The van der Waals surface area contributed by atoms with Crippen LogP contribution in [0.5, 0.6) is 0 Å². The highest BCUT2D eigenvalue weighted by Gasteiger charge is 2.51.